The van der Waals surface area contributed by atoms with Crippen LogP contribution in [0.2, 0.25) is 0 Å². The number of aromatic nitrogens is 1. The van der Waals surface area contributed by atoms with Crippen LogP contribution in [0.15, 0.2) is 46.0 Å². The van der Waals surface area contributed by atoms with E-state index in [0.29, 0.717) is 10.2 Å². The number of carbonyl (C=O) groups excluding carboxylic acids is 1. The second kappa shape index (κ2) is 7.70. The maximum atomic E-state index is 12.5. The first-order valence-electron chi connectivity index (χ1n) is 7.22. The summed E-state index contributed by atoms with van der Waals surface area (Å²) < 4.78 is 27.5. The van der Waals surface area contributed by atoms with Crippen LogP contribution in [0.1, 0.15) is 13.8 Å². The van der Waals surface area contributed by atoms with E-state index in [1.165, 1.54) is 18.3 Å². The van der Waals surface area contributed by atoms with Gasteiger partial charge in [0.1, 0.15) is 10.6 Å². The van der Waals surface area contributed by atoms with E-state index in [1.54, 1.807) is 26.0 Å². The lowest BCUT2D eigenvalue weighted by Crippen LogP contribution is -2.42. The summed E-state index contributed by atoms with van der Waals surface area (Å²) in [5.41, 5.74) is 0.455. The molecule has 10 heteroatoms. The van der Waals surface area contributed by atoms with Gasteiger partial charge in [0, 0.05) is 22.9 Å². The van der Waals surface area contributed by atoms with Crippen LogP contribution in [-0.2, 0) is 10.0 Å². The zero-order valence-corrected chi connectivity index (χ0v) is 15.8. The average Bonchev–Trinajstić information content (AvgIpc) is 2.50. The molecular formula is C15H17BrN4O4S. The van der Waals surface area contributed by atoms with E-state index in [9.17, 15) is 18.3 Å². The fourth-order valence-corrected chi connectivity index (χ4v) is 3.30. The second-order valence-electron chi connectivity index (χ2n) is 5.39. The number of nitrogens with one attached hydrogen (secondary N) is 3. The van der Waals surface area contributed by atoms with Gasteiger partial charge < -0.3 is 15.7 Å². The fourth-order valence-electron chi connectivity index (χ4n) is 1.92. The Morgan fingerprint density at radius 3 is 2.64 bits per heavy atom. The molecule has 0 aliphatic heterocycles. The number of halogens is 1. The third-order valence-corrected chi connectivity index (χ3v) is 4.80. The van der Waals surface area contributed by atoms with Gasteiger partial charge in [-0.2, -0.15) is 0 Å². The average molecular weight is 429 g/mol. The van der Waals surface area contributed by atoms with Crippen LogP contribution < -0.4 is 15.4 Å². The molecule has 2 aromatic rings. The van der Waals surface area contributed by atoms with E-state index in [4.69, 9.17) is 0 Å². The Morgan fingerprint density at radius 2 is 1.96 bits per heavy atom. The topological polar surface area (TPSA) is 120 Å². The number of benzene rings is 1. The predicted molar refractivity (Wildman–Crippen MR) is 97.3 cm³/mol. The first-order chi connectivity index (χ1) is 11.7. The van der Waals surface area contributed by atoms with Gasteiger partial charge >= 0.3 is 6.03 Å². The summed E-state index contributed by atoms with van der Waals surface area (Å²) in [7, 11) is -4.16. The molecule has 0 atom stereocenters. The molecule has 2 amide bonds. The smallest absolute Gasteiger partial charge is 0.328 e. The number of sulfonamides is 1. The Kier molecular flexibility index (Phi) is 5.85. The number of anilines is 2. The van der Waals surface area contributed by atoms with Crippen molar-refractivity contribution in [2.24, 2.45) is 0 Å². The normalized spacial score (nSPS) is 11.2. The van der Waals surface area contributed by atoms with Crippen molar-refractivity contribution in [1.82, 2.24) is 15.0 Å². The number of amides is 2. The van der Waals surface area contributed by atoms with Crippen LogP contribution in [0, 0.1) is 0 Å². The number of aromatic hydroxyl groups is 1. The molecule has 0 spiro atoms. The van der Waals surface area contributed by atoms with Gasteiger partial charge in [-0.15, -0.1) is 0 Å². The van der Waals surface area contributed by atoms with Crippen molar-refractivity contribution in [3.05, 3.63) is 41.1 Å². The van der Waals surface area contributed by atoms with Crippen molar-refractivity contribution in [2.45, 2.75) is 24.8 Å². The van der Waals surface area contributed by atoms with Crippen molar-refractivity contribution >= 4 is 43.4 Å². The number of urea groups is 1. The monoisotopic (exact) mass is 428 g/mol. The summed E-state index contributed by atoms with van der Waals surface area (Å²) in [6.07, 6.45) is 2.51. The molecule has 0 saturated heterocycles. The number of hydrogen-bond acceptors (Lipinski definition) is 6. The number of nitrogens with zero attached hydrogens (tertiary/aromatic N) is 1. The Labute approximate surface area is 153 Å². The summed E-state index contributed by atoms with van der Waals surface area (Å²) in [5.74, 6) is -0.0612. The molecule has 0 aliphatic rings. The Hall–Kier alpha value is -2.33. The van der Waals surface area contributed by atoms with Gasteiger partial charge in [-0.25, -0.2) is 17.9 Å². The highest BCUT2D eigenvalue weighted by Gasteiger charge is 2.22. The quantitative estimate of drug-likeness (QED) is 0.543. The summed E-state index contributed by atoms with van der Waals surface area (Å²) in [6, 6.07) is 5.05. The summed E-state index contributed by atoms with van der Waals surface area (Å²) >= 11 is 3.28. The minimum atomic E-state index is -4.16. The standard InChI is InChI=1S/C15H17BrN4O4S/c1-9(2)18-15(22)20-25(23,24)14-8-17-6-5-11(14)19-12-7-10(16)3-4-13(12)21/h3-9,21H,1-2H3,(H,17,19)(H2,18,20,22). The van der Waals surface area contributed by atoms with Crippen molar-refractivity contribution in [1.29, 1.82) is 0 Å². The van der Waals surface area contributed by atoms with Crippen LogP contribution in [0.3, 0.4) is 0 Å². The largest absolute Gasteiger partial charge is 0.506 e. The van der Waals surface area contributed by atoms with Crippen molar-refractivity contribution in [3.63, 3.8) is 0 Å². The van der Waals surface area contributed by atoms with Gasteiger partial charge in [-0.3, -0.25) is 4.98 Å². The summed E-state index contributed by atoms with van der Waals surface area (Å²) in [6.45, 7) is 3.42. The van der Waals surface area contributed by atoms with Crippen molar-refractivity contribution < 1.29 is 18.3 Å². The molecule has 0 fully saturated rings. The Bertz CT molecular complexity index is 887. The van der Waals surface area contributed by atoms with Crippen LogP contribution >= 0.6 is 15.9 Å². The van der Waals surface area contributed by atoms with E-state index >= 15 is 0 Å². The van der Waals surface area contributed by atoms with E-state index < -0.39 is 16.1 Å². The molecule has 0 radical (unpaired) electrons. The highest BCUT2D eigenvalue weighted by atomic mass is 79.9. The SMILES string of the molecule is CC(C)NC(=O)NS(=O)(=O)c1cnccc1Nc1cc(Br)ccc1O. The van der Waals surface area contributed by atoms with Gasteiger partial charge in [-0.1, -0.05) is 15.9 Å². The molecule has 0 bridgehead atoms. The molecule has 1 aromatic heterocycles. The molecule has 8 nitrogen and oxygen atoms in total. The van der Waals surface area contributed by atoms with E-state index in [1.807, 2.05) is 4.72 Å². The lowest BCUT2D eigenvalue weighted by molar-refractivity contribution is 0.243. The zero-order chi connectivity index (χ0) is 18.6. The summed E-state index contributed by atoms with van der Waals surface area (Å²) in [4.78, 5) is 15.3. The first-order valence-corrected chi connectivity index (χ1v) is 9.49. The predicted octanol–water partition coefficient (Wildman–Crippen LogP) is 2.69. The van der Waals surface area contributed by atoms with Crippen LogP contribution in [0.4, 0.5) is 16.2 Å². The minimum Gasteiger partial charge on any atom is -0.506 e. The van der Waals surface area contributed by atoms with Gasteiger partial charge in [0.05, 0.1) is 11.4 Å². The molecule has 134 valence electrons. The van der Waals surface area contributed by atoms with Gasteiger partial charge in [0.2, 0.25) is 0 Å². The van der Waals surface area contributed by atoms with Crippen LogP contribution in [0.5, 0.6) is 5.75 Å². The molecular weight excluding hydrogens is 412 g/mol. The number of carbonyl (C=O) groups is 1. The number of pyridine rings is 1. The van der Waals surface area contributed by atoms with Crippen LogP contribution in [-0.4, -0.2) is 30.6 Å². The van der Waals surface area contributed by atoms with Gasteiger partial charge in [0.15, 0.2) is 0 Å². The lowest BCUT2D eigenvalue weighted by atomic mass is 10.3. The highest BCUT2D eigenvalue weighted by molar-refractivity contribution is 9.10. The zero-order valence-electron chi connectivity index (χ0n) is 13.4. The lowest BCUT2D eigenvalue weighted by Gasteiger charge is -2.15. The van der Waals surface area contributed by atoms with Crippen molar-refractivity contribution in [3.8, 4) is 5.75 Å². The second-order valence-corrected chi connectivity index (χ2v) is 7.96. The molecule has 0 aliphatic carbocycles. The number of phenolic OH excluding ortho intramolecular Hbond substituents is 1. The molecule has 1 aromatic carbocycles. The maximum absolute atomic E-state index is 12.5. The molecule has 0 saturated carbocycles. The molecule has 4 N–H and O–H groups in total. The number of rotatable bonds is 5. The molecule has 2 rings (SSSR count). The van der Waals surface area contributed by atoms with Gasteiger partial charge in [-0.05, 0) is 38.1 Å². The third-order valence-electron chi connectivity index (χ3n) is 2.95. The summed E-state index contributed by atoms with van der Waals surface area (Å²) in [5, 5.41) is 15.2. The fraction of sp³-hybridized carbons (Fsp3) is 0.200. The molecule has 25 heavy (non-hydrogen) atoms. The highest BCUT2D eigenvalue weighted by Crippen LogP contribution is 2.31. The van der Waals surface area contributed by atoms with E-state index in [2.05, 4.69) is 31.5 Å². The number of hydrogen-bond donors (Lipinski definition) is 4. The first kappa shape index (κ1) is 19.0. The Morgan fingerprint density at radius 1 is 1.24 bits per heavy atom. The Balaban J connectivity index is 2.34. The maximum Gasteiger partial charge on any atom is 0.328 e. The molecule has 1 heterocycles. The van der Waals surface area contributed by atoms with E-state index in [0.717, 1.165) is 6.20 Å². The van der Waals surface area contributed by atoms with E-state index in [-0.39, 0.29) is 22.4 Å². The van der Waals surface area contributed by atoms with Crippen molar-refractivity contribution in [2.75, 3.05) is 5.32 Å². The third kappa shape index (κ3) is 5.07. The van der Waals surface area contributed by atoms with Crippen LogP contribution in [0.25, 0.3) is 0 Å². The molecule has 0 unspecified atom stereocenters. The number of phenols is 1. The minimum absolute atomic E-state index is 0.0612. The van der Waals surface area contributed by atoms with Gasteiger partial charge in [0.25, 0.3) is 10.0 Å².